The van der Waals surface area contributed by atoms with E-state index in [4.69, 9.17) is 10.5 Å². The lowest BCUT2D eigenvalue weighted by Crippen LogP contribution is -2.11. The second kappa shape index (κ2) is 11.4. The molecular formula is C34H29FN6O2S. The molecule has 0 atom stereocenters. The molecule has 0 bridgehead atoms. The van der Waals surface area contributed by atoms with Gasteiger partial charge in [0.15, 0.2) is 11.6 Å². The minimum atomic E-state index is -0.543. The van der Waals surface area contributed by atoms with Gasteiger partial charge < -0.3 is 20.4 Å². The first-order valence-corrected chi connectivity index (χ1v) is 14.6. The Morgan fingerprint density at radius 3 is 2.59 bits per heavy atom. The molecule has 0 fully saturated rings. The first-order valence-electron chi connectivity index (χ1n) is 13.8. The zero-order valence-electron chi connectivity index (χ0n) is 24.6. The molecule has 0 radical (unpaired) electrons. The summed E-state index contributed by atoms with van der Waals surface area (Å²) in [6.45, 7) is 9.18. The number of halogens is 1. The molecule has 4 heterocycles. The van der Waals surface area contributed by atoms with Crippen LogP contribution in [0, 0.1) is 19.7 Å². The van der Waals surface area contributed by atoms with E-state index >= 15 is 4.39 Å². The summed E-state index contributed by atoms with van der Waals surface area (Å²) in [5.74, 6) is -0.108. The molecule has 0 unspecified atom stereocenters. The van der Waals surface area contributed by atoms with Gasteiger partial charge in [0.25, 0.3) is 5.91 Å². The van der Waals surface area contributed by atoms with Crippen molar-refractivity contribution in [3.8, 4) is 44.5 Å². The number of imidazole rings is 1. The van der Waals surface area contributed by atoms with Gasteiger partial charge in [-0.2, -0.15) is 0 Å². The van der Waals surface area contributed by atoms with Gasteiger partial charge in [-0.15, -0.1) is 11.3 Å². The SMILES string of the molecule is C=C(C)C(=O)Nc1ccc(-c2sc3c(-c4cn(C)cn4)cnc(N)c3c2-c2ccc(Oc3cccc(C)n3)c(F)c2)c(C)c1. The van der Waals surface area contributed by atoms with E-state index in [0.717, 1.165) is 43.2 Å². The van der Waals surface area contributed by atoms with Gasteiger partial charge in [0.2, 0.25) is 5.88 Å². The molecule has 6 aromatic rings. The van der Waals surface area contributed by atoms with Gasteiger partial charge in [-0.25, -0.2) is 19.3 Å². The Bertz CT molecular complexity index is 2100. The smallest absolute Gasteiger partial charge is 0.250 e. The van der Waals surface area contributed by atoms with Crippen molar-refractivity contribution in [2.24, 2.45) is 7.05 Å². The van der Waals surface area contributed by atoms with E-state index in [1.165, 1.54) is 17.4 Å². The summed E-state index contributed by atoms with van der Waals surface area (Å²) in [6, 6.07) is 15.9. The van der Waals surface area contributed by atoms with E-state index in [2.05, 4.69) is 26.8 Å². The molecule has 0 aliphatic rings. The minimum absolute atomic E-state index is 0.0574. The maximum atomic E-state index is 15.7. The lowest BCUT2D eigenvalue weighted by Gasteiger charge is -2.13. The molecule has 220 valence electrons. The lowest BCUT2D eigenvalue weighted by atomic mass is 9.96. The predicted molar refractivity (Wildman–Crippen MR) is 174 cm³/mol. The molecule has 44 heavy (non-hydrogen) atoms. The Labute approximate surface area is 257 Å². The van der Waals surface area contributed by atoms with Crippen molar-refractivity contribution in [1.29, 1.82) is 0 Å². The molecule has 0 saturated carbocycles. The Morgan fingerprint density at radius 2 is 1.91 bits per heavy atom. The number of pyridine rings is 2. The van der Waals surface area contributed by atoms with E-state index < -0.39 is 5.82 Å². The Kier molecular flexibility index (Phi) is 7.44. The maximum Gasteiger partial charge on any atom is 0.250 e. The van der Waals surface area contributed by atoms with Gasteiger partial charge in [0, 0.05) is 63.9 Å². The number of nitrogen functional groups attached to an aromatic ring is 1. The number of ether oxygens (including phenoxy) is 1. The number of benzene rings is 2. The molecule has 0 saturated heterocycles. The van der Waals surface area contributed by atoms with E-state index in [0.29, 0.717) is 33.9 Å². The molecule has 6 rings (SSSR count). The van der Waals surface area contributed by atoms with Crippen LogP contribution >= 0.6 is 11.3 Å². The van der Waals surface area contributed by atoms with Crippen molar-refractivity contribution in [2.45, 2.75) is 20.8 Å². The third kappa shape index (κ3) is 5.43. The number of nitrogens with two attached hydrogens (primary N) is 1. The number of nitrogens with zero attached hydrogens (tertiary/aromatic N) is 4. The topological polar surface area (TPSA) is 108 Å². The fraction of sp³-hybridized carbons (Fsp3) is 0.118. The van der Waals surface area contributed by atoms with E-state index in [1.54, 1.807) is 37.6 Å². The molecule has 0 aliphatic carbocycles. The number of aromatic nitrogens is 4. The number of amides is 1. The normalized spacial score (nSPS) is 11.1. The first kappa shape index (κ1) is 28.8. The van der Waals surface area contributed by atoms with Crippen molar-refractivity contribution in [3.05, 3.63) is 103 Å². The van der Waals surface area contributed by atoms with Crippen molar-refractivity contribution >= 4 is 38.8 Å². The van der Waals surface area contributed by atoms with Gasteiger partial charge in [-0.05, 0) is 67.8 Å². The van der Waals surface area contributed by atoms with Crippen molar-refractivity contribution in [3.63, 3.8) is 0 Å². The van der Waals surface area contributed by atoms with Gasteiger partial charge in [0.1, 0.15) is 5.82 Å². The third-order valence-electron chi connectivity index (χ3n) is 7.14. The van der Waals surface area contributed by atoms with Crippen LogP contribution in [0.4, 0.5) is 15.9 Å². The van der Waals surface area contributed by atoms with Crippen molar-refractivity contribution < 1.29 is 13.9 Å². The fourth-order valence-electron chi connectivity index (χ4n) is 4.98. The lowest BCUT2D eigenvalue weighted by molar-refractivity contribution is -0.112. The number of nitrogens with one attached hydrogen (secondary N) is 1. The van der Waals surface area contributed by atoms with Gasteiger partial charge in [-0.3, -0.25) is 4.79 Å². The average Bonchev–Trinajstić information content (AvgIpc) is 3.59. The largest absolute Gasteiger partial charge is 0.436 e. The van der Waals surface area contributed by atoms with E-state index in [9.17, 15) is 4.79 Å². The van der Waals surface area contributed by atoms with Crippen LogP contribution in [0.1, 0.15) is 18.2 Å². The molecule has 2 aromatic carbocycles. The molecule has 1 amide bonds. The highest BCUT2D eigenvalue weighted by Gasteiger charge is 2.24. The van der Waals surface area contributed by atoms with Gasteiger partial charge >= 0.3 is 0 Å². The number of hydrogen-bond acceptors (Lipinski definition) is 7. The molecular weight excluding hydrogens is 575 g/mol. The first-order chi connectivity index (χ1) is 21.1. The number of aryl methyl sites for hydroxylation is 3. The Morgan fingerprint density at radius 1 is 1.09 bits per heavy atom. The van der Waals surface area contributed by atoms with Crippen LogP contribution in [-0.2, 0) is 11.8 Å². The molecule has 4 aromatic heterocycles. The summed E-state index contributed by atoms with van der Waals surface area (Å²) >= 11 is 1.54. The number of anilines is 2. The summed E-state index contributed by atoms with van der Waals surface area (Å²) in [4.78, 5) is 26.5. The number of hydrogen-bond donors (Lipinski definition) is 2. The highest BCUT2D eigenvalue weighted by molar-refractivity contribution is 7.23. The molecule has 0 aliphatic heterocycles. The fourth-order valence-corrected chi connectivity index (χ4v) is 6.42. The predicted octanol–water partition coefficient (Wildman–Crippen LogP) is 8.07. The van der Waals surface area contributed by atoms with Gasteiger partial charge in [0.05, 0.1) is 16.7 Å². The quantitative estimate of drug-likeness (QED) is 0.178. The summed E-state index contributed by atoms with van der Waals surface area (Å²) in [5.41, 5.74) is 13.1. The summed E-state index contributed by atoms with van der Waals surface area (Å²) in [6.07, 6.45) is 5.37. The summed E-state index contributed by atoms with van der Waals surface area (Å²) < 4.78 is 24.2. The average molecular weight is 605 g/mol. The Hall–Kier alpha value is -5.35. The van der Waals surface area contributed by atoms with E-state index in [-0.39, 0.29) is 11.7 Å². The highest BCUT2D eigenvalue weighted by atomic mass is 32.1. The molecule has 3 N–H and O–H groups in total. The molecule has 8 nitrogen and oxygen atoms in total. The van der Waals surface area contributed by atoms with Crippen LogP contribution in [0.25, 0.3) is 42.9 Å². The van der Waals surface area contributed by atoms with E-state index in [1.807, 2.05) is 62.0 Å². The minimum Gasteiger partial charge on any atom is -0.436 e. The summed E-state index contributed by atoms with van der Waals surface area (Å²) in [5, 5.41) is 3.58. The summed E-state index contributed by atoms with van der Waals surface area (Å²) in [7, 11) is 1.90. The zero-order valence-corrected chi connectivity index (χ0v) is 25.4. The number of carbonyl (C=O) groups excluding carboxylic acids is 1. The maximum absolute atomic E-state index is 15.7. The Balaban J connectivity index is 1.54. The number of thiophene rings is 1. The molecule has 0 spiro atoms. The third-order valence-corrected chi connectivity index (χ3v) is 8.39. The highest BCUT2D eigenvalue weighted by Crippen LogP contribution is 2.50. The van der Waals surface area contributed by atoms with Crippen LogP contribution in [0.2, 0.25) is 0 Å². The van der Waals surface area contributed by atoms with Crippen LogP contribution in [0.3, 0.4) is 0 Å². The molecule has 10 heteroatoms. The number of fused-ring (bicyclic) bond motifs is 1. The van der Waals surface area contributed by atoms with Gasteiger partial charge in [-0.1, -0.05) is 24.8 Å². The van der Waals surface area contributed by atoms with Crippen LogP contribution in [0.5, 0.6) is 11.6 Å². The van der Waals surface area contributed by atoms with Crippen LogP contribution in [0.15, 0.2) is 85.5 Å². The standard InChI is InChI=1S/C34H29FN6O2S/c1-18(2)34(42)40-22-10-11-23(19(3)13-22)31-29(21-9-12-27(25(35)14-21)43-28-8-6-7-20(4)39-28)30-32(44-31)24(15-37-33(30)36)26-16-41(5)17-38-26/h6-17H,1H2,2-5H3,(H2,36,37)(H,40,42). The van der Waals surface area contributed by atoms with Crippen LogP contribution in [-0.4, -0.2) is 25.4 Å². The number of carbonyl (C=O) groups is 1. The van der Waals surface area contributed by atoms with Crippen molar-refractivity contribution in [2.75, 3.05) is 11.1 Å². The van der Waals surface area contributed by atoms with Crippen molar-refractivity contribution in [1.82, 2.24) is 19.5 Å². The number of rotatable bonds is 7. The second-order valence-electron chi connectivity index (χ2n) is 10.6. The zero-order chi connectivity index (χ0) is 31.1. The van der Waals surface area contributed by atoms with Crippen LogP contribution < -0.4 is 15.8 Å². The monoisotopic (exact) mass is 604 g/mol. The second-order valence-corrected chi connectivity index (χ2v) is 11.6.